The van der Waals surface area contributed by atoms with Gasteiger partial charge in [-0.05, 0) is 75.4 Å². The van der Waals surface area contributed by atoms with Gasteiger partial charge in [0.05, 0.1) is 11.3 Å². The van der Waals surface area contributed by atoms with Gasteiger partial charge in [-0.2, -0.15) is 0 Å². The lowest BCUT2D eigenvalue weighted by molar-refractivity contribution is -0.200. The number of hydroxylamine groups is 1. The molecule has 2 aliphatic heterocycles. The number of thiophene rings is 1. The Morgan fingerprint density at radius 1 is 1.14 bits per heavy atom. The molecule has 2 saturated heterocycles. The third-order valence-corrected chi connectivity index (χ3v) is 9.27. The highest BCUT2D eigenvalue weighted by atomic mass is 32.2. The van der Waals surface area contributed by atoms with Crippen LogP contribution in [-0.2, 0) is 23.9 Å². The number of amides is 2. The minimum Gasteiger partial charge on any atom is -0.350 e. The van der Waals surface area contributed by atoms with Crippen LogP contribution in [0.5, 0.6) is 0 Å². The summed E-state index contributed by atoms with van der Waals surface area (Å²) in [4.78, 5) is 34.8. The molecule has 0 aliphatic carbocycles. The molecule has 0 bridgehead atoms. The highest BCUT2D eigenvalue weighted by Crippen LogP contribution is 2.51. The zero-order chi connectivity index (χ0) is 24.7. The van der Waals surface area contributed by atoms with E-state index in [1.807, 2.05) is 49.0 Å². The Labute approximate surface area is 215 Å². The van der Waals surface area contributed by atoms with E-state index in [-0.39, 0.29) is 22.9 Å². The van der Waals surface area contributed by atoms with Crippen LogP contribution in [0, 0.1) is 0 Å². The molecule has 2 atom stereocenters. The number of anilines is 1. The summed E-state index contributed by atoms with van der Waals surface area (Å²) in [6, 6.07) is 12.2. The molecule has 2 amide bonds. The summed E-state index contributed by atoms with van der Waals surface area (Å²) in [6.45, 7) is 1.02. The molecule has 1 unspecified atom stereocenters. The van der Waals surface area contributed by atoms with Gasteiger partial charge in [0.2, 0.25) is 11.8 Å². The second kappa shape index (κ2) is 12.4. The number of thioether (sulfide) groups is 1. The summed E-state index contributed by atoms with van der Waals surface area (Å²) < 4.78 is 5.31. The smallest absolute Gasteiger partial charge is 0.245 e. The minimum absolute atomic E-state index is 0.0385. The van der Waals surface area contributed by atoms with E-state index < -0.39 is 0 Å². The number of carbonyl (C=O) groups excluding carboxylic acids is 2. The Hall–Kier alpha value is -1.91. The normalized spacial score (nSPS) is 22.7. The third-order valence-electron chi connectivity index (χ3n) is 6.19. The maximum atomic E-state index is 12.9. The Balaban J connectivity index is 1.45. The second-order valence-electron chi connectivity index (χ2n) is 9.45. The lowest BCUT2D eigenvalue weighted by Crippen LogP contribution is -2.37. The molecule has 2 fully saturated rings. The van der Waals surface area contributed by atoms with Crippen LogP contribution in [0.3, 0.4) is 0 Å². The lowest BCUT2D eigenvalue weighted by atomic mass is 9.94. The van der Waals surface area contributed by atoms with Crippen molar-refractivity contribution in [2.24, 2.45) is 0 Å². The van der Waals surface area contributed by atoms with Crippen molar-refractivity contribution < 1.29 is 19.2 Å². The fraction of sp³-hybridized carbons (Fsp3) is 0.538. The van der Waals surface area contributed by atoms with Crippen molar-refractivity contribution in [3.63, 3.8) is 0 Å². The van der Waals surface area contributed by atoms with Crippen LogP contribution in [0.4, 0.5) is 5.69 Å². The van der Waals surface area contributed by atoms with E-state index in [2.05, 4.69) is 29.0 Å². The molecule has 0 saturated carbocycles. The van der Waals surface area contributed by atoms with Gasteiger partial charge in [0.25, 0.3) is 0 Å². The number of hydrogen-bond acceptors (Lipinski definition) is 7. The van der Waals surface area contributed by atoms with Crippen LogP contribution in [0.1, 0.15) is 49.8 Å². The molecule has 1 aromatic heterocycles. The van der Waals surface area contributed by atoms with Crippen LogP contribution in [-0.4, -0.2) is 56.0 Å². The molecule has 1 aromatic carbocycles. The van der Waals surface area contributed by atoms with Crippen LogP contribution in [0.2, 0.25) is 0 Å². The predicted octanol–water partition coefficient (Wildman–Crippen LogP) is 4.99. The third kappa shape index (κ3) is 7.30. The van der Waals surface area contributed by atoms with Crippen LogP contribution < -0.4 is 10.8 Å². The molecule has 9 heteroatoms. The first kappa shape index (κ1) is 26.2. The quantitative estimate of drug-likeness (QED) is 0.456. The van der Waals surface area contributed by atoms with Gasteiger partial charge >= 0.3 is 0 Å². The number of benzene rings is 1. The molecule has 2 aromatic rings. The Morgan fingerprint density at radius 3 is 2.77 bits per heavy atom. The largest absolute Gasteiger partial charge is 0.350 e. The van der Waals surface area contributed by atoms with Gasteiger partial charge in [0.1, 0.15) is 0 Å². The average Bonchev–Trinajstić information content (AvgIpc) is 3.35. The number of carbonyl (C=O) groups is 2. The first-order chi connectivity index (χ1) is 16.9. The average molecular weight is 518 g/mol. The molecule has 2 N–H and O–H groups in total. The van der Waals surface area contributed by atoms with E-state index in [9.17, 15) is 9.59 Å². The molecular weight excluding hydrogens is 482 g/mol. The van der Waals surface area contributed by atoms with Crippen LogP contribution >= 0.6 is 23.1 Å². The fourth-order valence-corrected chi connectivity index (χ4v) is 7.37. The first-order valence-electron chi connectivity index (χ1n) is 12.3. The predicted molar refractivity (Wildman–Crippen MR) is 142 cm³/mol. The maximum Gasteiger partial charge on any atom is 0.245 e. The number of hydrogen-bond donors (Lipinski definition) is 2. The monoisotopic (exact) mass is 517 g/mol. The summed E-state index contributed by atoms with van der Waals surface area (Å²) in [5, 5.41) is 2.97. The van der Waals surface area contributed by atoms with Gasteiger partial charge in [-0.1, -0.05) is 18.6 Å². The van der Waals surface area contributed by atoms with E-state index in [4.69, 9.17) is 9.57 Å². The Morgan fingerprint density at radius 2 is 2.03 bits per heavy atom. The van der Waals surface area contributed by atoms with Crippen LogP contribution in [0.25, 0.3) is 10.4 Å². The molecule has 7 nitrogen and oxygen atoms in total. The topological polar surface area (TPSA) is 79.9 Å². The first-order valence-corrected chi connectivity index (χ1v) is 14.1. The van der Waals surface area contributed by atoms with Crippen molar-refractivity contribution >= 4 is 40.6 Å². The molecule has 2 aliphatic rings. The van der Waals surface area contributed by atoms with Gasteiger partial charge in [0, 0.05) is 34.9 Å². The van der Waals surface area contributed by atoms with Crippen molar-refractivity contribution in [3.05, 3.63) is 41.3 Å². The van der Waals surface area contributed by atoms with Crippen molar-refractivity contribution in [3.8, 4) is 10.4 Å². The minimum atomic E-state index is -0.346. The van der Waals surface area contributed by atoms with Crippen molar-refractivity contribution in [1.82, 2.24) is 10.4 Å². The van der Waals surface area contributed by atoms with E-state index >= 15 is 0 Å². The lowest BCUT2D eigenvalue weighted by Gasteiger charge is -2.35. The number of nitrogens with zero attached hydrogens (tertiary/aromatic N) is 1. The maximum absolute atomic E-state index is 12.9. The number of ether oxygens (including phenoxy) is 1. The SMILES string of the molecule is CN(C)CC(=O)Nc1cccc(-c2ccc([C@@]3(CC(=O)NOC4CCCCO4)CCCCS3)s2)c1. The number of nitrogens with one attached hydrogen (secondary N) is 2. The molecular formula is C26H35N3O4S2. The van der Waals surface area contributed by atoms with E-state index in [1.54, 1.807) is 11.3 Å². The molecule has 3 heterocycles. The van der Waals surface area contributed by atoms with Gasteiger partial charge in [-0.15, -0.1) is 23.1 Å². The summed E-state index contributed by atoms with van der Waals surface area (Å²) in [5.74, 6) is 0.901. The molecule has 0 spiro atoms. The van der Waals surface area contributed by atoms with Gasteiger partial charge in [-0.3, -0.25) is 9.59 Å². The summed E-state index contributed by atoms with van der Waals surface area (Å²) in [7, 11) is 3.75. The van der Waals surface area contributed by atoms with E-state index in [0.29, 0.717) is 19.6 Å². The number of rotatable bonds is 9. The van der Waals surface area contributed by atoms with Gasteiger partial charge < -0.3 is 15.0 Å². The summed E-state index contributed by atoms with van der Waals surface area (Å²) in [5.41, 5.74) is 4.50. The molecule has 4 rings (SSSR count). The zero-order valence-corrected chi connectivity index (χ0v) is 22.1. The second-order valence-corrected chi connectivity index (χ2v) is 12.0. The van der Waals surface area contributed by atoms with E-state index in [0.717, 1.165) is 54.0 Å². The standard InChI is InChI=1S/C26H35N3O4S2/c1-29(2)18-24(31)27-20-9-7-8-19(16-20)21-11-12-22(35-21)26(13-4-6-15-34-26)17-23(30)28-33-25-10-3-5-14-32-25/h7-9,11-12,16,25H,3-6,10,13-15,17-18H2,1-2H3,(H,27,31)(H,28,30)/t25?,26-/m0/s1. The van der Waals surface area contributed by atoms with Gasteiger partial charge in [0.15, 0.2) is 6.29 Å². The van der Waals surface area contributed by atoms with Crippen molar-refractivity contribution in [2.45, 2.75) is 56.0 Å². The Bertz CT molecular complexity index is 998. The van der Waals surface area contributed by atoms with Crippen LogP contribution in [0.15, 0.2) is 36.4 Å². The Kier molecular flexibility index (Phi) is 9.24. The molecule has 35 heavy (non-hydrogen) atoms. The van der Waals surface area contributed by atoms with Crippen molar-refractivity contribution in [1.29, 1.82) is 0 Å². The zero-order valence-electron chi connectivity index (χ0n) is 20.5. The molecule has 190 valence electrons. The van der Waals surface area contributed by atoms with E-state index in [1.165, 1.54) is 11.3 Å². The highest BCUT2D eigenvalue weighted by molar-refractivity contribution is 8.00. The van der Waals surface area contributed by atoms with Gasteiger partial charge in [-0.25, -0.2) is 10.3 Å². The summed E-state index contributed by atoms with van der Waals surface area (Å²) in [6.07, 6.45) is 6.18. The van der Waals surface area contributed by atoms with Crippen molar-refractivity contribution in [2.75, 3.05) is 38.3 Å². The summed E-state index contributed by atoms with van der Waals surface area (Å²) >= 11 is 3.61. The number of likely N-dealkylation sites (N-methyl/N-ethyl adjacent to an activating group) is 1. The fourth-order valence-electron chi connectivity index (χ4n) is 4.48. The molecule has 0 radical (unpaired) electrons. The highest BCUT2D eigenvalue weighted by Gasteiger charge is 2.38.